The van der Waals surface area contributed by atoms with Gasteiger partial charge in [-0.3, -0.25) is 4.99 Å². The number of anilines is 1. The second kappa shape index (κ2) is 8.43. The number of aromatic nitrogens is 1. The van der Waals surface area contributed by atoms with Gasteiger partial charge in [-0.25, -0.2) is 4.98 Å². The van der Waals surface area contributed by atoms with Gasteiger partial charge in [0.25, 0.3) is 0 Å². The molecule has 0 spiro atoms. The minimum atomic E-state index is 0.426. The standard InChI is InChI=1S/C27H31N3/c1-17(2)22-11-8-12-23(18(3)4)27(22)28-16-21-10-7-14-25(30-21)24-13-6-9-20-15-19(5)29-26(20)24/h6-14,16-19,29H,15H2,1-5H3/b28-16+. The van der Waals surface area contributed by atoms with Crippen LogP contribution in [0.5, 0.6) is 0 Å². The molecule has 0 amide bonds. The van der Waals surface area contributed by atoms with Crippen molar-refractivity contribution in [3.63, 3.8) is 0 Å². The highest BCUT2D eigenvalue weighted by atomic mass is 14.9. The molecule has 0 aliphatic carbocycles. The lowest BCUT2D eigenvalue weighted by molar-refractivity contribution is 0.835. The van der Waals surface area contributed by atoms with Crippen LogP contribution in [0.3, 0.4) is 0 Å². The lowest BCUT2D eigenvalue weighted by atomic mass is 9.93. The third-order valence-corrected chi connectivity index (χ3v) is 5.78. The van der Waals surface area contributed by atoms with E-state index in [9.17, 15) is 0 Å². The molecule has 154 valence electrons. The largest absolute Gasteiger partial charge is 0.381 e. The zero-order valence-electron chi connectivity index (χ0n) is 18.6. The van der Waals surface area contributed by atoms with Crippen LogP contribution in [0.1, 0.15) is 68.8 Å². The molecule has 3 heteroatoms. The van der Waals surface area contributed by atoms with E-state index < -0.39 is 0 Å². The van der Waals surface area contributed by atoms with Gasteiger partial charge in [-0.1, -0.05) is 70.2 Å². The highest BCUT2D eigenvalue weighted by molar-refractivity contribution is 5.84. The van der Waals surface area contributed by atoms with E-state index in [0.717, 1.165) is 29.1 Å². The lowest BCUT2D eigenvalue weighted by Gasteiger charge is -2.16. The number of hydrogen-bond donors (Lipinski definition) is 1. The topological polar surface area (TPSA) is 37.3 Å². The summed E-state index contributed by atoms with van der Waals surface area (Å²) >= 11 is 0. The van der Waals surface area contributed by atoms with Gasteiger partial charge in [0, 0.05) is 17.3 Å². The van der Waals surface area contributed by atoms with E-state index in [2.05, 4.69) is 88.5 Å². The van der Waals surface area contributed by atoms with Crippen molar-refractivity contribution in [2.45, 2.75) is 58.9 Å². The van der Waals surface area contributed by atoms with Gasteiger partial charge in [0.15, 0.2) is 0 Å². The van der Waals surface area contributed by atoms with Crippen molar-refractivity contribution in [3.05, 3.63) is 77.0 Å². The van der Waals surface area contributed by atoms with E-state index >= 15 is 0 Å². The minimum absolute atomic E-state index is 0.426. The number of pyridine rings is 1. The number of nitrogens with zero attached hydrogens (tertiary/aromatic N) is 2. The second-order valence-corrected chi connectivity index (χ2v) is 8.89. The van der Waals surface area contributed by atoms with Gasteiger partial charge in [-0.2, -0.15) is 0 Å². The molecule has 1 aliphatic rings. The smallest absolute Gasteiger partial charge is 0.0820 e. The highest BCUT2D eigenvalue weighted by Gasteiger charge is 2.20. The van der Waals surface area contributed by atoms with Gasteiger partial charge in [0.1, 0.15) is 0 Å². The summed E-state index contributed by atoms with van der Waals surface area (Å²) in [5, 5.41) is 3.61. The summed E-state index contributed by atoms with van der Waals surface area (Å²) in [6.45, 7) is 11.1. The van der Waals surface area contributed by atoms with Crippen molar-refractivity contribution in [3.8, 4) is 11.3 Å². The molecular weight excluding hydrogens is 366 g/mol. The molecule has 2 aromatic carbocycles. The predicted octanol–water partition coefficient (Wildman–Crippen LogP) is 7.10. The first kappa shape index (κ1) is 20.3. The molecule has 0 radical (unpaired) electrons. The average Bonchev–Trinajstić information content (AvgIpc) is 3.12. The summed E-state index contributed by atoms with van der Waals surface area (Å²) in [5.41, 5.74) is 9.28. The number of aliphatic imine (C=N–C) groups is 1. The molecule has 1 aliphatic heterocycles. The Morgan fingerprint density at radius 1 is 0.933 bits per heavy atom. The number of para-hydroxylation sites is 2. The Hall–Kier alpha value is -2.94. The Morgan fingerprint density at radius 3 is 2.30 bits per heavy atom. The van der Waals surface area contributed by atoms with Crippen molar-refractivity contribution >= 4 is 17.6 Å². The Morgan fingerprint density at radius 2 is 1.60 bits per heavy atom. The van der Waals surface area contributed by atoms with Crippen molar-refractivity contribution in [1.82, 2.24) is 4.98 Å². The maximum atomic E-state index is 4.94. The molecule has 0 saturated carbocycles. The minimum Gasteiger partial charge on any atom is -0.381 e. The van der Waals surface area contributed by atoms with Crippen LogP contribution in [0.15, 0.2) is 59.6 Å². The first-order valence-corrected chi connectivity index (χ1v) is 11.0. The quantitative estimate of drug-likeness (QED) is 0.466. The molecular formula is C27H31N3. The third-order valence-electron chi connectivity index (χ3n) is 5.78. The van der Waals surface area contributed by atoms with E-state index in [4.69, 9.17) is 9.98 Å². The highest BCUT2D eigenvalue weighted by Crippen LogP contribution is 2.36. The molecule has 2 heterocycles. The predicted molar refractivity (Wildman–Crippen MR) is 128 cm³/mol. The molecule has 30 heavy (non-hydrogen) atoms. The van der Waals surface area contributed by atoms with Crippen LogP contribution in [-0.4, -0.2) is 17.2 Å². The van der Waals surface area contributed by atoms with Crippen LogP contribution in [0.2, 0.25) is 0 Å². The molecule has 1 atom stereocenters. The summed E-state index contributed by atoms with van der Waals surface area (Å²) in [6, 6.07) is 19.6. The zero-order chi connectivity index (χ0) is 21.3. The second-order valence-electron chi connectivity index (χ2n) is 8.89. The Bertz CT molecular complexity index is 1050. The van der Waals surface area contributed by atoms with Crippen molar-refractivity contribution in [1.29, 1.82) is 0 Å². The van der Waals surface area contributed by atoms with Crippen molar-refractivity contribution < 1.29 is 0 Å². The SMILES string of the molecule is CC1Cc2cccc(-c3cccc(/C=N/c4c(C(C)C)cccc4C(C)C)n3)c2N1. The molecule has 1 N–H and O–H groups in total. The molecule has 3 nitrogen and oxygen atoms in total. The number of rotatable bonds is 5. The fourth-order valence-corrected chi connectivity index (χ4v) is 4.25. The van der Waals surface area contributed by atoms with Crippen molar-refractivity contribution in [2.24, 2.45) is 4.99 Å². The zero-order valence-corrected chi connectivity index (χ0v) is 18.6. The Labute approximate surface area is 180 Å². The van der Waals surface area contributed by atoms with E-state index in [1.54, 1.807) is 0 Å². The van der Waals surface area contributed by atoms with E-state index in [0.29, 0.717) is 17.9 Å². The number of fused-ring (bicyclic) bond motifs is 1. The van der Waals surface area contributed by atoms with Crippen LogP contribution in [0.25, 0.3) is 11.3 Å². The summed E-state index contributed by atoms with van der Waals surface area (Å²) < 4.78 is 0. The molecule has 4 rings (SSSR count). The van der Waals surface area contributed by atoms with Crippen LogP contribution >= 0.6 is 0 Å². The maximum Gasteiger partial charge on any atom is 0.0820 e. The summed E-state index contributed by atoms with van der Waals surface area (Å²) in [4.78, 5) is 9.86. The van der Waals surface area contributed by atoms with Gasteiger partial charge >= 0.3 is 0 Å². The van der Waals surface area contributed by atoms with E-state index in [-0.39, 0.29) is 0 Å². The van der Waals surface area contributed by atoms with Crippen molar-refractivity contribution in [2.75, 3.05) is 5.32 Å². The Kier molecular flexibility index (Phi) is 5.72. The molecule has 3 aromatic rings. The van der Waals surface area contributed by atoms with Crippen LogP contribution < -0.4 is 5.32 Å². The summed E-state index contributed by atoms with van der Waals surface area (Å²) in [7, 11) is 0. The molecule has 1 unspecified atom stereocenters. The monoisotopic (exact) mass is 397 g/mol. The molecule has 0 fully saturated rings. The van der Waals surface area contributed by atoms with Crippen LogP contribution in [0, 0.1) is 0 Å². The third kappa shape index (κ3) is 4.02. The first-order valence-electron chi connectivity index (χ1n) is 11.0. The fourth-order valence-electron chi connectivity index (χ4n) is 4.25. The number of nitrogens with one attached hydrogen (secondary N) is 1. The van der Waals surface area contributed by atoms with E-state index in [1.807, 2.05) is 12.3 Å². The molecule has 1 aromatic heterocycles. The molecule has 0 saturated heterocycles. The molecule has 0 bridgehead atoms. The van der Waals surface area contributed by atoms with Gasteiger partial charge in [-0.15, -0.1) is 0 Å². The normalized spacial score (nSPS) is 15.8. The summed E-state index contributed by atoms with van der Waals surface area (Å²) in [6.07, 6.45) is 2.98. The summed E-state index contributed by atoms with van der Waals surface area (Å²) in [5.74, 6) is 0.852. The average molecular weight is 398 g/mol. The Balaban J connectivity index is 1.71. The first-order chi connectivity index (χ1) is 14.4. The van der Waals surface area contributed by atoms with Crippen LogP contribution in [0.4, 0.5) is 11.4 Å². The lowest BCUT2D eigenvalue weighted by Crippen LogP contribution is -2.09. The van der Waals surface area contributed by atoms with Gasteiger partial charge in [-0.05, 0) is 54.0 Å². The maximum absolute atomic E-state index is 4.94. The van der Waals surface area contributed by atoms with Gasteiger partial charge < -0.3 is 5.32 Å². The van der Waals surface area contributed by atoms with E-state index in [1.165, 1.54) is 22.4 Å². The number of benzene rings is 2. The fraction of sp³-hybridized carbons (Fsp3) is 0.333. The number of hydrogen-bond acceptors (Lipinski definition) is 3. The van der Waals surface area contributed by atoms with Crippen LogP contribution in [-0.2, 0) is 6.42 Å². The van der Waals surface area contributed by atoms with Gasteiger partial charge in [0.2, 0.25) is 0 Å². The van der Waals surface area contributed by atoms with Gasteiger partial charge in [0.05, 0.1) is 23.3 Å².